The summed E-state index contributed by atoms with van der Waals surface area (Å²) in [5.74, 6) is 1.86. The predicted octanol–water partition coefficient (Wildman–Crippen LogP) is 7.57. The number of aromatic nitrogens is 5. The van der Waals surface area contributed by atoms with E-state index in [9.17, 15) is 0 Å². The number of nitrogens with one attached hydrogen (secondary N) is 1. The number of para-hydroxylation sites is 1. The Morgan fingerprint density at radius 3 is 1.68 bits per heavy atom. The Balaban J connectivity index is 1.35. The van der Waals surface area contributed by atoms with Gasteiger partial charge in [0.2, 0.25) is 0 Å². The first-order chi connectivity index (χ1) is 18.3. The SMILES string of the molecule is c1ccc(-c2nc(-c3ccccc3)nc(-c3cncc(-c4ccc5c(c4)[nH]c4ccccc45)c3)n2)cc1. The van der Waals surface area contributed by atoms with E-state index in [4.69, 9.17) is 15.0 Å². The molecule has 0 spiro atoms. The van der Waals surface area contributed by atoms with Gasteiger partial charge in [-0.25, -0.2) is 15.0 Å². The van der Waals surface area contributed by atoms with Crippen molar-refractivity contribution >= 4 is 21.8 Å². The minimum absolute atomic E-state index is 0.591. The van der Waals surface area contributed by atoms with Crippen molar-refractivity contribution in [3.8, 4) is 45.3 Å². The monoisotopic (exact) mass is 475 g/mol. The second-order valence-electron chi connectivity index (χ2n) is 8.93. The van der Waals surface area contributed by atoms with Crippen LogP contribution in [0.3, 0.4) is 0 Å². The Kier molecular flexibility index (Phi) is 5.03. The van der Waals surface area contributed by atoms with E-state index < -0.39 is 0 Å². The molecule has 0 fully saturated rings. The number of hydrogen-bond donors (Lipinski definition) is 1. The maximum Gasteiger partial charge on any atom is 0.165 e. The van der Waals surface area contributed by atoms with Crippen molar-refractivity contribution in [1.29, 1.82) is 0 Å². The Hall–Kier alpha value is -5.16. The first-order valence-electron chi connectivity index (χ1n) is 12.1. The summed E-state index contributed by atoms with van der Waals surface area (Å²) >= 11 is 0. The summed E-state index contributed by atoms with van der Waals surface area (Å²) in [6.45, 7) is 0. The highest BCUT2D eigenvalue weighted by Crippen LogP contribution is 2.31. The average Bonchev–Trinajstić information content (AvgIpc) is 3.36. The van der Waals surface area contributed by atoms with E-state index in [2.05, 4.69) is 52.4 Å². The molecule has 0 aliphatic carbocycles. The fraction of sp³-hybridized carbons (Fsp3) is 0. The first kappa shape index (κ1) is 21.1. The highest BCUT2D eigenvalue weighted by atomic mass is 15.0. The fourth-order valence-electron chi connectivity index (χ4n) is 4.69. The maximum absolute atomic E-state index is 4.84. The molecule has 3 aromatic heterocycles. The second kappa shape index (κ2) is 8.81. The van der Waals surface area contributed by atoms with Crippen LogP contribution in [0.2, 0.25) is 0 Å². The van der Waals surface area contributed by atoms with Gasteiger partial charge in [0.25, 0.3) is 0 Å². The van der Waals surface area contributed by atoms with Gasteiger partial charge in [0.15, 0.2) is 17.5 Å². The summed E-state index contributed by atoms with van der Waals surface area (Å²) in [5, 5.41) is 2.43. The van der Waals surface area contributed by atoms with Gasteiger partial charge < -0.3 is 4.98 Å². The van der Waals surface area contributed by atoms with E-state index in [1.165, 1.54) is 10.8 Å². The number of hydrogen-bond acceptors (Lipinski definition) is 4. The van der Waals surface area contributed by atoms with Gasteiger partial charge in [0, 0.05) is 56.5 Å². The molecule has 0 aliphatic heterocycles. The molecule has 0 saturated heterocycles. The van der Waals surface area contributed by atoms with Crippen molar-refractivity contribution in [2.45, 2.75) is 0 Å². The van der Waals surface area contributed by atoms with Gasteiger partial charge in [-0.3, -0.25) is 4.98 Å². The first-order valence-corrected chi connectivity index (χ1v) is 12.1. The highest BCUT2D eigenvalue weighted by molar-refractivity contribution is 6.08. The van der Waals surface area contributed by atoms with E-state index in [0.717, 1.165) is 38.9 Å². The van der Waals surface area contributed by atoms with Crippen molar-refractivity contribution in [3.05, 3.63) is 122 Å². The van der Waals surface area contributed by atoms with Crippen molar-refractivity contribution in [2.24, 2.45) is 0 Å². The minimum atomic E-state index is 0.591. The molecule has 0 unspecified atom stereocenters. The zero-order chi connectivity index (χ0) is 24.6. The Labute approximate surface area is 213 Å². The largest absolute Gasteiger partial charge is 0.354 e. The van der Waals surface area contributed by atoms with Crippen molar-refractivity contribution < 1.29 is 0 Å². The van der Waals surface area contributed by atoms with E-state index >= 15 is 0 Å². The average molecular weight is 476 g/mol. The smallest absolute Gasteiger partial charge is 0.165 e. The topological polar surface area (TPSA) is 67.3 Å². The van der Waals surface area contributed by atoms with Gasteiger partial charge in [-0.2, -0.15) is 0 Å². The lowest BCUT2D eigenvalue weighted by Crippen LogP contribution is -2.00. The van der Waals surface area contributed by atoms with Gasteiger partial charge in [-0.1, -0.05) is 91.0 Å². The number of H-pyrrole nitrogens is 1. The van der Waals surface area contributed by atoms with Crippen LogP contribution < -0.4 is 0 Å². The van der Waals surface area contributed by atoms with Gasteiger partial charge in [-0.15, -0.1) is 0 Å². The van der Waals surface area contributed by atoms with Crippen LogP contribution in [0.4, 0.5) is 0 Å². The second-order valence-corrected chi connectivity index (χ2v) is 8.93. The lowest BCUT2D eigenvalue weighted by atomic mass is 10.0. The van der Waals surface area contributed by atoms with E-state index in [1.54, 1.807) is 0 Å². The lowest BCUT2D eigenvalue weighted by Gasteiger charge is -2.09. The summed E-state index contributed by atoms with van der Waals surface area (Å²) in [5.41, 5.74) is 7.03. The lowest BCUT2D eigenvalue weighted by molar-refractivity contribution is 1.07. The molecule has 0 amide bonds. The van der Waals surface area contributed by atoms with Crippen LogP contribution in [-0.4, -0.2) is 24.9 Å². The summed E-state index contributed by atoms with van der Waals surface area (Å²) in [4.78, 5) is 22.6. The zero-order valence-electron chi connectivity index (χ0n) is 19.8. The molecule has 174 valence electrons. The molecule has 0 atom stereocenters. The molecule has 0 bridgehead atoms. The molecule has 3 heterocycles. The third kappa shape index (κ3) is 3.93. The molecule has 0 aliphatic rings. The van der Waals surface area contributed by atoms with Crippen molar-refractivity contribution in [2.75, 3.05) is 0 Å². The molecule has 7 rings (SSSR count). The molecule has 4 aromatic carbocycles. The molecule has 5 nitrogen and oxygen atoms in total. The standard InChI is InChI=1S/C32H21N5/c1-3-9-21(10-4-1)30-35-31(22-11-5-2-6-12-22)37-32(36-30)25-17-24(19-33-20-25)23-15-16-27-26-13-7-8-14-28(26)34-29(27)18-23/h1-20,34H. The van der Waals surface area contributed by atoms with Crippen molar-refractivity contribution in [3.63, 3.8) is 0 Å². The Morgan fingerprint density at radius 1 is 0.405 bits per heavy atom. The van der Waals surface area contributed by atoms with Crippen LogP contribution in [-0.2, 0) is 0 Å². The van der Waals surface area contributed by atoms with Gasteiger partial charge >= 0.3 is 0 Å². The summed E-state index contributed by atoms with van der Waals surface area (Å²) in [6.07, 6.45) is 3.69. The Morgan fingerprint density at radius 2 is 0.973 bits per heavy atom. The number of benzene rings is 4. The number of aromatic amines is 1. The zero-order valence-corrected chi connectivity index (χ0v) is 19.8. The number of pyridine rings is 1. The molecule has 1 N–H and O–H groups in total. The van der Waals surface area contributed by atoms with Crippen LogP contribution in [0.1, 0.15) is 0 Å². The van der Waals surface area contributed by atoms with Crippen molar-refractivity contribution in [1.82, 2.24) is 24.9 Å². The van der Waals surface area contributed by atoms with Gasteiger partial charge in [0.05, 0.1) is 0 Å². The molecule has 0 saturated carbocycles. The molecule has 0 radical (unpaired) electrons. The molecular weight excluding hydrogens is 454 g/mol. The third-order valence-corrected chi connectivity index (χ3v) is 6.54. The number of nitrogens with zero attached hydrogens (tertiary/aromatic N) is 4. The van der Waals surface area contributed by atoms with Gasteiger partial charge in [0.1, 0.15) is 0 Å². The normalized spacial score (nSPS) is 11.2. The quantitative estimate of drug-likeness (QED) is 0.285. The predicted molar refractivity (Wildman–Crippen MR) is 149 cm³/mol. The third-order valence-electron chi connectivity index (χ3n) is 6.54. The van der Waals surface area contributed by atoms with E-state index in [0.29, 0.717) is 17.5 Å². The Bertz CT molecular complexity index is 1820. The van der Waals surface area contributed by atoms with Gasteiger partial charge in [-0.05, 0) is 23.8 Å². The minimum Gasteiger partial charge on any atom is -0.354 e. The van der Waals surface area contributed by atoms with E-state index in [-0.39, 0.29) is 0 Å². The number of fused-ring (bicyclic) bond motifs is 3. The van der Waals surface area contributed by atoms with Crippen LogP contribution in [0, 0.1) is 0 Å². The van der Waals surface area contributed by atoms with Crippen LogP contribution >= 0.6 is 0 Å². The highest BCUT2D eigenvalue weighted by Gasteiger charge is 2.13. The summed E-state index contributed by atoms with van der Waals surface area (Å²) in [6, 6.07) is 36.9. The van der Waals surface area contributed by atoms with Crippen LogP contribution in [0.25, 0.3) is 67.1 Å². The molecule has 7 aromatic rings. The van der Waals surface area contributed by atoms with E-state index in [1.807, 2.05) is 79.1 Å². The van der Waals surface area contributed by atoms with Crippen LogP contribution in [0.15, 0.2) is 122 Å². The molecular formula is C32H21N5. The summed E-state index contributed by atoms with van der Waals surface area (Å²) in [7, 11) is 0. The van der Waals surface area contributed by atoms with Crippen LogP contribution in [0.5, 0.6) is 0 Å². The fourth-order valence-corrected chi connectivity index (χ4v) is 4.69. The molecule has 37 heavy (non-hydrogen) atoms. The maximum atomic E-state index is 4.84. The number of rotatable bonds is 4. The summed E-state index contributed by atoms with van der Waals surface area (Å²) < 4.78 is 0. The molecule has 5 heteroatoms.